The van der Waals surface area contributed by atoms with E-state index in [1.165, 1.54) is 19.2 Å². The predicted molar refractivity (Wildman–Crippen MR) is 84.0 cm³/mol. The first-order valence-corrected chi connectivity index (χ1v) is 7.40. The number of nitrogens with one attached hydrogen (secondary N) is 1. The lowest BCUT2D eigenvalue weighted by molar-refractivity contribution is 0.0600. The quantitative estimate of drug-likeness (QED) is 0.818. The van der Waals surface area contributed by atoms with E-state index in [1.807, 2.05) is 13.0 Å². The Kier molecular flexibility index (Phi) is 5.82. The fourth-order valence-electron chi connectivity index (χ4n) is 2.43. The van der Waals surface area contributed by atoms with E-state index in [-0.39, 0.29) is 6.04 Å². The Morgan fingerprint density at radius 2 is 2.00 bits per heavy atom. The minimum absolute atomic E-state index is 0.239. The van der Waals surface area contributed by atoms with Gasteiger partial charge in [-0.25, -0.2) is 13.6 Å². The number of carbonyl (C=O) groups is 1. The van der Waals surface area contributed by atoms with Crippen LogP contribution in [0.5, 0.6) is 0 Å². The highest BCUT2D eigenvalue weighted by atomic mass is 19.1. The molecule has 0 unspecified atom stereocenters. The Labute approximate surface area is 134 Å². The zero-order valence-corrected chi connectivity index (χ0v) is 13.1. The van der Waals surface area contributed by atoms with Gasteiger partial charge in [-0.15, -0.1) is 0 Å². The smallest absolute Gasteiger partial charge is 0.337 e. The first-order valence-electron chi connectivity index (χ1n) is 7.40. The van der Waals surface area contributed by atoms with E-state index in [9.17, 15) is 13.6 Å². The van der Waals surface area contributed by atoms with E-state index in [0.717, 1.165) is 11.6 Å². The van der Waals surface area contributed by atoms with E-state index in [1.54, 1.807) is 18.2 Å². The van der Waals surface area contributed by atoms with Gasteiger partial charge in [-0.1, -0.05) is 25.1 Å². The van der Waals surface area contributed by atoms with E-state index in [2.05, 4.69) is 10.1 Å². The van der Waals surface area contributed by atoms with Crippen LogP contribution in [0.3, 0.4) is 0 Å². The molecule has 0 saturated heterocycles. The fourth-order valence-corrected chi connectivity index (χ4v) is 2.43. The Hall–Kier alpha value is -2.27. The maximum absolute atomic E-state index is 13.9. The molecule has 0 saturated carbocycles. The van der Waals surface area contributed by atoms with E-state index < -0.39 is 17.6 Å². The van der Waals surface area contributed by atoms with Crippen LogP contribution in [0.2, 0.25) is 0 Å². The minimum atomic E-state index is -0.591. The molecular weight excluding hydrogens is 300 g/mol. The number of esters is 1. The summed E-state index contributed by atoms with van der Waals surface area (Å²) in [4.78, 5) is 11.5. The second kappa shape index (κ2) is 7.83. The summed E-state index contributed by atoms with van der Waals surface area (Å²) >= 11 is 0. The lowest BCUT2D eigenvalue weighted by atomic mass is 10.0. The third kappa shape index (κ3) is 4.36. The van der Waals surface area contributed by atoms with Gasteiger partial charge >= 0.3 is 5.97 Å². The van der Waals surface area contributed by atoms with Gasteiger partial charge in [0.05, 0.1) is 12.7 Å². The summed E-state index contributed by atoms with van der Waals surface area (Å²) < 4.78 is 31.6. The number of hydrogen-bond acceptors (Lipinski definition) is 3. The van der Waals surface area contributed by atoms with Crippen LogP contribution in [0.15, 0.2) is 42.5 Å². The van der Waals surface area contributed by atoms with Crippen LogP contribution >= 0.6 is 0 Å². The van der Waals surface area contributed by atoms with Gasteiger partial charge in [0.15, 0.2) is 0 Å². The average Bonchev–Trinajstić information content (AvgIpc) is 2.56. The number of benzene rings is 2. The summed E-state index contributed by atoms with van der Waals surface area (Å²) in [5.41, 5.74) is 1.78. The van der Waals surface area contributed by atoms with Crippen molar-refractivity contribution in [1.29, 1.82) is 0 Å². The highest BCUT2D eigenvalue weighted by Gasteiger charge is 2.14. The number of halogens is 2. The molecule has 0 bridgehead atoms. The van der Waals surface area contributed by atoms with E-state index in [4.69, 9.17) is 0 Å². The first kappa shape index (κ1) is 17.1. The van der Waals surface area contributed by atoms with Gasteiger partial charge in [0, 0.05) is 24.2 Å². The second-order valence-electron chi connectivity index (χ2n) is 5.20. The average molecular weight is 319 g/mol. The molecule has 0 aromatic heterocycles. The monoisotopic (exact) mass is 319 g/mol. The van der Waals surface area contributed by atoms with Crippen molar-refractivity contribution in [2.45, 2.75) is 25.9 Å². The van der Waals surface area contributed by atoms with Crippen molar-refractivity contribution in [3.05, 3.63) is 70.8 Å². The van der Waals surface area contributed by atoms with Crippen LogP contribution in [0.25, 0.3) is 0 Å². The largest absolute Gasteiger partial charge is 0.465 e. The summed E-state index contributed by atoms with van der Waals surface area (Å²) in [5.74, 6) is -1.55. The molecule has 0 radical (unpaired) electrons. The van der Waals surface area contributed by atoms with Crippen molar-refractivity contribution >= 4 is 5.97 Å². The predicted octanol–water partition coefficient (Wildman–Crippen LogP) is 3.99. The third-order valence-electron chi connectivity index (χ3n) is 3.65. The van der Waals surface area contributed by atoms with E-state index >= 15 is 0 Å². The highest BCUT2D eigenvalue weighted by molar-refractivity contribution is 5.89. The number of methoxy groups -OCH3 is 1. The number of hydrogen-bond donors (Lipinski definition) is 1. The molecule has 0 heterocycles. The Morgan fingerprint density at radius 3 is 2.65 bits per heavy atom. The van der Waals surface area contributed by atoms with Crippen molar-refractivity contribution in [3.8, 4) is 0 Å². The molecule has 122 valence electrons. The summed E-state index contributed by atoms with van der Waals surface area (Å²) in [5, 5.41) is 3.23. The fraction of sp³-hybridized carbons (Fsp3) is 0.278. The van der Waals surface area contributed by atoms with Crippen molar-refractivity contribution in [2.75, 3.05) is 7.11 Å². The van der Waals surface area contributed by atoms with Crippen LogP contribution in [0.4, 0.5) is 8.78 Å². The van der Waals surface area contributed by atoms with Crippen molar-refractivity contribution < 1.29 is 18.3 Å². The zero-order valence-electron chi connectivity index (χ0n) is 13.1. The third-order valence-corrected chi connectivity index (χ3v) is 3.65. The molecule has 0 fully saturated rings. The van der Waals surface area contributed by atoms with Gasteiger partial charge in [-0.3, -0.25) is 0 Å². The van der Waals surface area contributed by atoms with Crippen molar-refractivity contribution in [1.82, 2.24) is 5.32 Å². The van der Waals surface area contributed by atoms with Gasteiger partial charge in [-0.2, -0.15) is 0 Å². The van der Waals surface area contributed by atoms with Crippen LogP contribution in [0, 0.1) is 11.6 Å². The van der Waals surface area contributed by atoms with E-state index in [0.29, 0.717) is 24.1 Å². The summed E-state index contributed by atoms with van der Waals surface area (Å²) in [7, 11) is 1.33. The summed E-state index contributed by atoms with van der Waals surface area (Å²) in [6.07, 6.45) is 0.652. The van der Waals surface area contributed by atoms with Gasteiger partial charge in [0.1, 0.15) is 11.6 Å². The highest BCUT2D eigenvalue weighted by Crippen LogP contribution is 2.21. The summed E-state index contributed by atoms with van der Waals surface area (Å²) in [6.45, 7) is 2.38. The van der Waals surface area contributed by atoms with Gasteiger partial charge in [0.2, 0.25) is 0 Å². The Balaban J connectivity index is 2.10. The number of rotatable bonds is 6. The Morgan fingerprint density at radius 1 is 1.22 bits per heavy atom. The maximum atomic E-state index is 13.9. The molecule has 0 amide bonds. The number of carbonyl (C=O) groups excluding carboxylic acids is 1. The molecule has 3 nitrogen and oxygen atoms in total. The molecule has 2 aromatic rings. The molecule has 0 aliphatic rings. The molecule has 1 N–H and O–H groups in total. The Bertz CT molecular complexity index is 688. The summed E-state index contributed by atoms with van der Waals surface area (Å²) in [6, 6.07) is 10.4. The lowest BCUT2D eigenvalue weighted by Crippen LogP contribution is -2.21. The normalized spacial score (nSPS) is 12.0. The van der Waals surface area contributed by atoms with Crippen LogP contribution in [-0.2, 0) is 11.3 Å². The minimum Gasteiger partial charge on any atom is -0.465 e. The number of ether oxygens (including phenoxy) is 1. The molecule has 2 aromatic carbocycles. The standard InChI is InChI=1S/C18H19F2NO2/c1-3-17(15-8-7-14(19)10-16(15)20)21-11-12-5-4-6-13(9-12)18(22)23-2/h4-10,17,21H,3,11H2,1-2H3/t17-/m1/s1. The molecule has 23 heavy (non-hydrogen) atoms. The van der Waals surface area contributed by atoms with Crippen molar-refractivity contribution in [3.63, 3.8) is 0 Å². The maximum Gasteiger partial charge on any atom is 0.337 e. The van der Waals surface area contributed by atoms with Crippen LogP contribution in [0.1, 0.15) is 40.9 Å². The molecule has 0 aliphatic carbocycles. The van der Waals surface area contributed by atoms with Crippen LogP contribution < -0.4 is 5.32 Å². The second-order valence-corrected chi connectivity index (χ2v) is 5.20. The van der Waals surface area contributed by atoms with Gasteiger partial charge < -0.3 is 10.1 Å². The van der Waals surface area contributed by atoms with Gasteiger partial charge in [-0.05, 0) is 30.2 Å². The SMILES string of the molecule is CC[C@@H](NCc1cccc(C(=O)OC)c1)c1ccc(F)cc1F. The first-order chi connectivity index (χ1) is 11.0. The molecule has 5 heteroatoms. The van der Waals surface area contributed by atoms with Crippen LogP contribution in [-0.4, -0.2) is 13.1 Å². The lowest BCUT2D eigenvalue weighted by Gasteiger charge is -2.18. The van der Waals surface area contributed by atoms with Crippen molar-refractivity contribution in [2.24, 2.45) is 0 Å². The van der Waals surface area contributed by atoms with Gasteiger partial charge in [0.25, 0.3) is 0 Å². The molecule has 0 spiro atoms. The molecule has 0 aliphatic heterocycles. The molecule has 1 atom stereocenters. The zero-order chi connectivity index (χ0) is 16.8. The molecule has 2 rings (SSSR count). The topological polar surface area (TPSA) is 38.3 Å². The molecular formula is C18H19F2NO2.